The van der Waals surface area contributed by atoms with Crippen LogP contribution in [0.3, 0.4) is 0 Å². The van der Waals surface area contributed by atoms with Crippen LogP contribution in [0.15, 0.2) is 27.3 Å². The highest BCUT2D eigenvalue weighted by atomic mass is 16.3. The SMILES string of the molecule is Cc1ccc(CNc2ncnc3oc4c(c23)CCCC4)o1. The predicted molar refractivity (Wildman–Crippen MR) is 79.2 cm³/mol. The first-order valence-electron chi connectivity index (χ1n) is 7.36. The molecule has 0 bridgehead atoms. The number of hydrogen-bond donors (Lipinski definition) is 1. The molecule has 0 radical (unpaired) electrons. The minimum atomic E-state index is 0.611. The maximum Gasteiger partial charge on any atom is 0.231 e. The first kappa shape index (κ1) is 12.4. The Kier molecular flexibility index (Phi) is 2.91. The Labute approximate surface area is 122 Å². The van der Waals surface area contributed by atoms with Crippen LogP contribution in [-0.2, 0) is 19.4 Å². The van der Waals surface area contributed by atoms with Crippen LogP contribution in [0, 0.1) is 6.92 Å². The lowest BCUT2D eigenvalue weighted by Crippen LogP contribution is -2.04. The number of rotatable bonds is 3. The molecule has 0 spiro atoms. The van der Waals surface area contributed by atoms with Gasteiger partial charge in [0.25, 0.3) is 0 Å². The van der Waals surface area contributed by atoms with Crippen molar-refractivity contribution in [2.45, 2.75) is 39.2 Å². The van der Waals surface area contributed by atoms with E-state index >= 15 is 0 Å². The zero-order chi connectivity index (χ0) is 14.2. The molecule has 3 aromatic heterocycles. The highest BCUT2D eigenvalue weighted by molar-refractivity contribution is 5.90. The highest BCUT2D eigenvalue weighted by Crippen LogP contribution is 2.34. The minimum absolute atomic E-state index is 0.611. The summed E-state index contributed by atoms with van der Waals surface area (Å²) in [6.45, 7) is 2.55. The van der Waals surface area contributed by atoms with Gasteiger partial charge in [-0.25, -0.2) is 9.97 Å². The van der Waals surface area contributed by atoms with Crippen LogP contribution in [0.1, 0.15) is 35.7 Å². The van der Waals surface area contributed by atoms with Crippen molar-refractivity contribution in [1.29, 1.82) is 0 Å². The first-order chi connectivity index (χ1) is 10.3. The maximum absolute atomic E-state index is 5.87. The van der Waals surface area contributed by atoms with Gasteiger partial charge in [-0.05, 0) is 38.3 Å². The van der Waals surface area contributed by atoms with Crippen molar-refractivity contribution < 1.29 is 8.83 Å². The quantitative estimate of drug-likeness (QED) is 0.795. The van der Waals surface area contributed by atoms with Gasteiger partial charge in [-0.15, -0.1) is 0 Å². The van der Waals surface area contributed by atoms with Gasteiger partial charge in [0.2, 0.25) is 5.71 Å². The first-order valence-corrected chi connectivity index (χ1v) is 7.36. The van der Waals surface area contributed by atoms with Gasteiger partial charge in [0.1, 0.15) is 29.4 Å². The number of hydrogen-bond acceptors (Lipinski definition) is 5. The Morgan fingerprint density at radius 2 is 2.05 bits per heavy atom. The third-order valence-electron chi connectivity index (χ3n) is 3.98. The van der Waals surface area contributed by atoms with Gasteiger partial charge in [-0.2, -0.15) is 0 Å². The summed E-state index contributed by atoms with van der Waals surface area (Å²) in [6, 6.07) is 3.94. The summed E-state index contributed by atoms with van der Waals surface area (Å²) >= 11 is 0. The van der Waals surface area contributed by atoms with E-state index < -0.39 is 0 Å². The van der Waals surface area contributed by atoms with Crippen molar-refractivity contribution in [2.24, 2.45) is 0 Å². The second kappa shape index (κ2) is 4.91. The Hall–Kier alpha value is -2.30. The van der Waals surface area contributed by atoms with Crippen molar-refractivity contribution in [2.75, 3.05) is 5.32 Å². The zero-order valence-electron chi connectivity index (χ0n) is 12.0. The molecule has 0 amide bonds. The minimum Gasteiger partial charge on any atom is -0.465 e. The standard InChI is InChI=1S/C16H17N3O2/c1-10-6-7-11(20-10)8-17-15-14-12-4-2-3-5-13(12)21-16(14)19-9-18-15/h6-7,9H,2-5,8H2,1H3,(H,17,18,19). The highest BCUT2D eigenvalue weighted by Gasteiger charge is 2.21. The Bertz CT molecular complexity index is 788. The lowest BCUT2D eigenvalue weighted by molar-refractivity contribution is 0.490. The van der Waals surface area contributed by atoms with Crippen molar-refractivity contribution in [3.8, 4) is 0 Å². The fourth-order valence-electron chi connectivity index (χ4n) is 2.98. The number of furan rings is 2. The number of nitrogens with zero attached hydrogens (tertiary/aromatic N) is 2. The second-order valence-corrected chi connectivity index (χ2v) is 5.48. The van der Waals surface area contributed by atoms with Crippen LogP contribution in [-0.4, -0.2) is 9.97 Å². The predicted octanol–water partition coefficient (Wildman–Crippen LogP) is 3.62. The van der Waals surface area contributed by atoms with Gasteiger partial charge in [0.05, 0.1) is 11.9 Å². The van der Waals surface area contributed by atoms with E-state index in [1.807, 2.05) is 19.1 Å². The second-order valence-electron chi connectivity index (χ2n) is 5.48. The van der Waals surface area contributed by atoms with Crippen molar-refractivity contribution in [1.82, 2.24) is 9.97 Å². The normalized spacial score (nSPS) is 14.3. The van der Waals surface area contributed by atoms with Gasteiger partial charge in [0, 0.05) is 12.0 Å². The molecule has 1 N–H and O–H groups in total. The lowest BCUT2D eigenvalue weighted by atomic mass is 9.96. The van der Waals surface area contributed by atoms with E-state index in [0.29, 0.717) is 12.3 Å². The topological polar surface area (TPSA) is 64.1 Å². The fraction of sp³-hybridized carbons (Fsp3) is 0.375. The molecule has 108 valence electrons. The van der Waals surface area contributed by atoms with Crippen LogP contribution < -0.4 is 5.32 Å². The van der Waals surface area contributed by atoms with E-state index in [0.717, 1.165) is 41.3 Å². The molecule has 4 rings (SSSR count). The fourth-order valence-corrected chi connectivity index (χ4v) is 2.98. The summed E-state index contributed by atoms with van der Waals surface area (Å²) in [5.74, 6) is 3.73. The van der Waals surface area contributed by atoms with Crippen LogP contribution in [0.2, 0.25) is 0 Å². The molecule has 1 aliphatic rings. The van der Waals surface area contributed by atoms with Gasteiger partial charge in [-0.3, -0.25) is 0 Å². The van der Waals surface area contributed by atoms with Crippen LogP contribution >= 0.6 is 0 Å². The number of fused-ring (bicyclic) bond motifs is 3. The largest absolute Gasteiger partial charge is 0.465 e. The summed E-state index contributed by atoms with van der Waals surface area (Å²) < 4.78 is 11.5. The number of aromatic nitrogens is 2. The summed E-state index contributed by atoms with van der Waals surface area (Å²) in [5, 5.41) is 4.39. The molecule has 1 aliphatic carbocycles. The molecule has 0 unspecified atom stereocenters. The molecule has 5 heteroatoms. The monoisotopic (exact) mass is 283 g/mol. The Balaban J connectivity index is 1.69. The molecule has 3 heterocycles. The Morgan fingerprint density at radius 1 is 1.14 bits per heavy atom. The van der Waals surface area contributed by atoms with E-state index in [1.54, 1.807) is 6.33 Å². The summed E-state index contributed by atoms with van der Waals surface area (Å²) in [6.07, 6.45) is 5.99. The van der Waals surface area contributed by atoms with Crippen LogP contribution in [0.4, 0.5) is 5.82 Å². The van der Waals surface area contributed by atoms with E-state index in [-0.39, 0.29) is 0 Å². The van der Waals surface area contributed by atoms with Gasteiger partial charge in [-0.1, -0.05) is 0 Å². The Morgan fingerprint density at radius 3 is 2.90 bits per heavy atom. The molecule has 21 heavy (non-hydrogen) atoms. The molecule has 5 nitrogen and oxygen atoms in total. The van der Waals surface area contributed by atoms with E-state index in [4.69, 9.17) is 8.83 Å². The molecular weight excluding hydrogens is 266 g/mol. The molecule has 0 saturated heterocycles. The van der Waals surface area contributed by atoms with Crippen molar-refractivity contribution in [3.05, 3.63) is 41.3 Å². The van der Waals surface area contributed by atoms with Crippen LogP contribution in [0.25, 0.3) is 11.1 Å². The summed E-state index contributed by atoms with van der Waals surface area (Å²) in [4.78, 5) is 8.65. The smallest absolute Gasteiger partial charge is 0.231 e. The molecular formula is C16H17N3O2. The summed E-state index contributed by atoms with van der Waals surface area (Å²) in [5.41, 5.74) is 1.96. The zero-order valence-corrected chi connectivity index (χ0v) is 12.0. The molecule has 0 fully saturated rings. The van der Waals surface area contributed by atoms with Gasteiger partial charge >= 0.3 is 0 Å². The third kappa shape index (κ3) is 2.18. The maximum atomic E-state index is 5.87. The molecule has 0 atom stereocenters. The van der Waals surface area contributed by atoms with Crippen molar-refractivity contribution >= 4 is 16.9 Å². The third-order valence-corrected chi connectivity index (χ3v) is 3.98. The van der Waals surface area contributed by atoms with Crippen LogP contribution in [0.5, 0.6) is 0 Å². The average Bonchev–Trinajstić information content (AvgIpc) is 3.08. The lowest BCUT2D eigenvalue weighted by Gasteiger charge is -2.10. The molecule has 0 saturated carbocycles. The van der Waals surface area contributed by atoms with Crippen molar-refractivity contribution in [3.63, 3.8) is 0 Å². The van der Waals surface area contributed by atoms with Gasteiger partial charge < -0.3 is 14.2 Å². The van der Waals surface area contributed by atoms with E-state index in [2.05, 4.69) is 15.3 Å². The molecule has 0 aliphatic heterocycles. The average molecular weight is 283 g/mol. The number of anilines is 1. The molecule has 3 aromatic rings. The number of aryl methyl sites for hydroxylation is 3. The summed E-state index contributed by atoms with van der Waals surface area (Å²) in [7, 11) is 0. The van der Waals surface area contributed by atoms with E-state index in [9.17, 15) is 0 Å². The van der Waals surface area contributed by atoms with E-state index in [1.165, 1.54) is 18.4 Å². The molecule has 0 aromatic carbocycles. The number of nitrogens with one attached hydrogen (secondary N) is 1. The van der Waals surface area contributed by atoms with Gasteiger partial charge in [0.15, 0.2) is 0 Å².